The average Bonchev–Trinajstić information content (AvgIpc) is 3.11. The lowest BCUT2D eigenvalue weighted by Gasteiger charge is -2.58. The number of amides is 1. The largest absolute Gasteiger partial charge is 0.460 e. The van der Waals surface area contributed by atoms with Gasteiger partial charge in [0.05, 0.1) is 23.5 Å². The van der Waals surface area contributed by atoms with Crippen molar-refractivity contribution in [2.24, 2.45) is 22.9 Å². The first kappa shape index (κ1) is 38.9. The third-order valence-corrected chi connectivity index (χ3v) is 11.1. The van der Waals surface area contributed by atoms with Crippen LogP contribution in [0.4, 0.5) is 4.79 Å². The summed E-state index contributed by atoms with van der Waals surface area (Å²) in [5, 5.41) is 27.2. The molecule has 3 aliphatic rings. The Morgan fingerprint density at radius 1 is 1.10 bits per heavy atom. The zero-order valence-corrected chi connectivity index (χ0v) is 31.5. The molecule has 278 valence electrons. The number of nitrogens with one attached hydrogen (secondary N) is 1. The van der Waals surface area contributed by atoms with E-state index < -0.39 is 17.5 Å². The Kier molecular flexibility index (Phi) is 13.7. The Balaban J connectivity index is 1.64. The quantitative estimate of drug-likeness (QED) is 0.0852. The van der Waals surface area contributed by atoms with Gasteiger partial charge in [-0.3, -0.25) is 0 Å². The zero-order valence-electron chi connectivity index (χ0n) is 30.6. The summed E-state index contributed by atoms with van der Waals surface area (Å²) in [6.07, 6.45) is 9.19. The number of aliphatic hydroxyl groups is 2. The van der Waals surface area contributed by atoms with Crippen molar-refractivity contribution in [3.05, 3.63) is 84.0 Å². The predicted molar refractivity (Wildman–Crippen MR) is 203 cm³/mol. The molecule has 2 aromatic rings. The van der Waals surface area contributed by atoms with Crippen LogP contribution in [0.25, 0.3) is 0 Å². The third kappa shape index (κ3) is 9.38. The fourth-order valence-corrected chi connectivity index (χ4v) is 9.02. The second kappa shape index (κ2) is 17.9. The molecular formula is C41H56N2O7S. The number of rotatable bonds is 17. The van der Waals surface area contributed by atoms with Gasteiger partial charge in [0.25, 0.3) is 0 Å². The summed E-state index contributed by atoms with van der Waals surface area (Å²) in [6.45, 7) is 13.1. The SMILES string of the molecule is C=CCO[C@@]12Oc3ccc(OC(=O)NCc4ccccc4)cc3[C@H]3[C@H](CCCCO)[C@@H](CCCCO)C=C(C(=NOC(C)(C)C)C[C@@H]1SCC)[C@H]32. The molecule has 0 radical (unpaired) electrons. The lowest BCUT2D eigenvalue weighted by molar-refractivity contribution is -0.223. The number of hydrogen-bond acceptors (Lipinski definition) is 9. The van der Waals surface area contributed by atoms with Crippen LogP contribution in [-0.4, -0.2) is 64.2 Å². The summed E-state index contributed by atoms with van der Waals surface area (Å²) in [6, 6.07) is 15.4. The van der Waals surface area contributed by atoms with E-state index in [1.54, 1.807) is 23.9 Å². The maximum absolute atomic E-state index is 13.0. The van der Waals surface area contributed by atoms with Gasteiger partial charge >= 0.3 is 6.09 Å². The molecule has 2 aliphatic carbocycles. The first-order valence-corrected chi connectivity index (χ1v) is 19.6. The Morgan fingerprint density at radius 2 is 1.84 bits per heavy atom. The van der Waals surface area contributed by atoms with E-state index in [2.05, 4.69) is 24.9 Å². The average molecular weight is 721 g/mol. The number of benzene rings is 2. The van der Waals surface area contributed by atoms with Crippen LogP contribution in [0.15, 0.2) is 78.0 Å². The Bertz CT molecular complexity index is 1520. The van der Waals surface area contributed by atoms with E-state index in [4.69, 9.17) is 24.2 Å². The van der Waals surface area contributed by atoms with Gasteiger partial charge in [0.2, 0.25) is 5.79 Å². The first-order chi connectivity index (χ1) is 24.6. The molecule has 1 fully saturated rings. The standard InChI is InChI=1S/C41H56N2O7S/c1-6-23-47-41-36(51-7-2)26-34(43-50-40(3,4)5)32-24-29(17-11-13-21-44)31(18-12-14-22-45)37(38(32)41)33-25-30(19-20-35(33)49-41)48-39(46)42-27-28-15-9-8-10-16-28/h6,8-10,15-16,19-20,24-25,29,31,36-38,44-45H,1,7,11-14,17-18,21-23,26-27H2,2-5H3,(H,42,46)/t29-,31+,36-,37+,38+,41+/m0/s1. The van der Waals surface area contributed by atoms with E-state index in [0.717, 1.165) is 60.3 Å². The van der Waals surface area contributed by atoms with Crippen molar-refractivity contribution < 1.29 is 34.1 Å². The number of thioether (sulfide) groups is 1. The van der Waals surface area contributed by atoms with Crippen LogP contribution in [0.5, 0.6) is 11.5 Å². The predicted octanol–water partition coefficient (Wildman–Crippen LogP) is 8.16. The fourth-order valence-electron chi connectivity index (χ4n) is 7.85. The van der Waals surface area contributed by atoms with E-state index in [1.807, 2.05) is 63.2 Å². The normalized spacial score (nSPS) is 26.0. The lowest BCUT2D eigenvalue weighted by atomic mass is 9.56. The van der Waals surface area contributed by atoms with Crippen molar-refractivity contribution in [1.29, 1.82) is 0 Å². The van der Waals surface area contributed by atoms with Gasteiger partial charge in [0.1, 0.15) is 17.1 Å². The zero-order chi connectivity index (χ0) is 36.4. The van der Waals surface area contributed by atoms with Gasteiger partial charge in [0.15, 0.2) is 0 Å². The minimum atomic E-state index is -1.01. The molecule has 2 aromatic carbocycles. The number of hydrogen-bond donors (Lipinski definition) is 3. The molecule has 5 rings (SSSR count). The number of carbonyl (C=O) groups excluding carboxylic acids is 1. The number of nitrogens with zero attached hydrogens (tertiary/aromatic N) is 1. The summed E-state index contributed by atoms with van der Waals surface area (Å²) in [4.78, 5) is 19.2. The number of ether oxygens (including phenoxy) is 3. The highest BCUT2D eigenvalue weighted by Crippen LogP contribution is 2.62. The summed E-state index contributed by atoms with van der Waals surface area (Å²) in [5.74, 6) is 1.02. The fraction of sp³-hybridized carbons (Fsp3) is 0.561. The highest BCUT2D eigenvalue weighted by atomic mass is 32.2. The second-order valence-electron chi connectivity index (χ2n) is 14.6. The topological polar surface area (TPSA) is 119 Å². The molecule has 0 saturated heterocycles. The van der Waals surface area contributed by atoms with E-state index in [0.29, 0.717) is 37.5 Å². The molecule has 0 bridgehead atoms. The molecule has 10 heteroatoms. The number of fused-ring (bicyclic) bond motifs is 2. The molecule has 1 aliphatic heterocycles. The molecule has 1 saturated carbocycles. The number of allylic oxidation sites excluding steroid dienone is 1. The second-order valence-corrected chi connectivity index (χ2v) is 16.1. The summed E-state index contributed by atoms with van der Waals surface area (Å²) >= 11 is 1.81. The number of unbranched alkanes of at least 4 members (excludes halogenated alkanes) is 2. The molecule has 9 nitrogen and oxygen atoms in total. The van der Waals surface area contributed by atoms with Crippen molar-refractivity contribution in [2.75, 3.05) is 25.6 Å². The van der Waals surface area contributed by atoms with Crippen LogP contribution >= 0.6 is 11.8 Å². The van der Waals surface area contributed by atoms with Crippen LogP contribution < -0.4 is 14.8 Å². The lowest BCUT2D eigenvalue weighted by Crippen LogP contribution is -2.64. The van der Waals surface area contributed by atoms with Gasteiger partial charge < -0.3 is 34.6 Å². The van der Waals surface area contributed by atoms with Gasteiger partial charge in [-0.2, -0.15) is 11.8 Å². The van der Waals surface area contributed by atoms with Crippen molar-refractivity contribution in [3.8, 4) is 11.5 Å². The van der Waals surface area contributed by atoms with Crippen LogP contribution in [-0.2, 0) is 16.1 Å². The molecule has 3 N–H and O–H groups in total. The van der Waals surface area contributed by atoms with E-state index in [-0.39, 0.29) is 42.1 Å². The van der Waals surface area contributed by atoms with Gasteiger partial charge in [-0.25, -0.2) is 4.79 Å². The van der Waals surface area contributed by atoms with Crippen LogP contribution in [0.3, 0.4) is 0 Å². The molecule has 1 amide bonds. The smallest absolute Gasteiger partial charge is 0.412 e. The minimum absolute atomic E-state index is 0.0765. The Hall–Kier alpha value is -3.31. The monoisotopic (exact) mass is 720 g/mol. The van der Waals surface area contributed by atoms with Crippen LogP contribution in [0.2, 0.25) is 0 Å². The number of carbonyl (C=O) groups is 1. The highest BCUT2D eigenvalue weighted by molar-refractivity contribution is 8.00. The molecule has 0 spiro atoms. The van der Waals surface area contributed by atoms with Crippen molar-refractivity contribution in [3.63, 3.8) is 0 Å². The maximum atomic E-state index is 13.0. The van der Waals surface area contributed by atoms with Gasteiger partial charge in [-0.1, -0.05) is 67.4 Å². The Labute approximate surface area is 307 Å². The van der Waals surface area contributed by atoms with Gasteiger partial charge in [-0.05, 0) is 93.4 Å². The van der Waals surface area contributed by atoms with Crippen LogP contribution in [0, 0.1) is 17.8 Å². The molecule has 0 aromatic heterocycles. The maximum Gasteiger partial charge on any atom is 0.412 e. The van der Waals surface area contributed by atoms with Gasteiger partial charge in [0, 0.05) is 37.7 Å². The summed E-state index contributed by atoms with van der Waals surface area (Å²) in [7, 11) is 0. The van der Waals surface area contributed by atoms with Crippen molar-refractivity contribution in [1.82, 2.24) is 5.32 Å². The van der Waals surface area contributed by atoms with E-state index >= 15 is 0 Å². The minimum Gasteiger partial charge on any atom is -0.460 e. The van der Waals surface area contributed by atoms with Gasteiger partial charge in [-0.15, -0.1) is 6.58 Å². The molecule has 6 atom stereocenters. The summed E-state index contributed by atoms with van der Waals surface area (Å²) < 4.78 is 19.9. The van der Waals surface area contributed by atoms with E-state index in [9.17, 15) is 15.0 Å². The number of aliphatic hydroxyl groups excluding tert-OH is 2. The molecule has 51 heavy (non-hydrogen) atoms. The first-order valence-electron chi connectivity index (χ1n) is 18.5. The molecular weight excluding hydrogens is 665 g/mol. The third-order valence-electron chi connectivity index (χ3n) is 9.91. The van der Waals surface area contributed by atoms with E-state index in [1.165, 1.54) is 0 Å². The number of oxime groups is 1. The van der Waals surface area contributed by atoms with Crippen molar-refractivity contribution in [2.45, 2.75) is 102 Å². The molecule has 0 unspecified atom stereocenters. The summed E-state index contributed by atoms with van der Waals surface area (Å²) in [5.41, 5.74) is 3.46. The highest BCUT2D eigenvalue weighted by Gasteiger charge is 2.63. The Morgan fingerprint density at radius 3 is 2.53 bits per heavy atom. The molecule has 1 heterocycles. The van der Waals surface area contributed by atoms with Crippen molar-refractivity contribution >= 4 is 23.6 Å². The van der Waals surface area contributed by atoms with Crippen LogP contribution in [0.1, 0.15) is 89.7 Å².